The van der Waals surface area contributed by atoms with Crippen LogP contribution in [0.3, 0.4) is 0 Å². The van der Waals surface area contributed by atoms with Crippen molar-refractivity contribution in [2.24, 2.45) is 0 Å². The molecule has 0 spiro atoms. The number of aromatic nitrogens is 2. The first-order chi connectivity index (χ1) is 8.28. The van der Waals surface area contributed by atoms with Crippen LogP contribution in [-0.4, -0.2) is 16.5 Å². The highest BCUT2D eigenvalue weighted by atomic mass is 32.1. The molecule has 4 nitrogen and oxygen atoms in total. The van der Waals surface area contributed by atoms with Gasteiger partial charge in [-0.3, -0.25) is 0 Å². The van der Waals surface area contributed by atoms with E-state index in [4.69, 9.17) is 5.73 Å². The van der Waals surface area contributed by atoms with Crippen molar-refractivity contribution in [2.45, 2.75) is 26.3 Å². The monoisotopic (exact) mass is 268 g/mol. The van der Waals surface area contributed by atoms with Crippen LogP contribution >= 0.6 is 22.7 Å². The minimum atomic E-state index is 0.646. The molecule has 0 aliphatic heterocycles. The Morgan fingerprint density at radius 2 is 2.35 bits per heavy atom. The number of aryl methyl sites for hydroxylation is 1. The van der Waals surface area contributed by atoms with Gasteiger partial charge in [0.15, 0.2) is 5.13 Å². The fraction of sp³-hybridized carbons (Fsp3) is 0.455. The Bertz CT molecular complexity index is 463. The summed E-state index contributed by atoms with van der Waals surface area (Å²) in [6.07, 6.45) is 3.94. The summed E-state index contributed by atoms with van der Waals surface area (Å²) in [6.45, 7) is 3.89. The molecular weight excluding hydrogens is 252 g/mol. The van der Waals surface area contributed by atoms with E-state index in [0.29, 0.717) is 5.13 Å². The van der Waals surface area contributed by atoms with E-state index in [1.54, 1.807) is 11.3 Å². The van der Waals surface area contributed by atoms with E-state index in [2.05, 4.69) is 22.2 Å². The molecular formula is C11H16N4S2. The smallest absolute Gasteiger partial charge is 0.180 e. The van der Waals surface area contributed by atoms with Crippen molar-refractivity contribution in [3.8, 4) is 0 Å². The van der Waals surface area contributed by atoms with Gasteiger partial charge in [-0.25, -0.2) is 9.97 Å². The molecule has 0 fully saturated rings. The highest BCUT2D eigenvalue weighted by molar-refractivity contribution is 7.13. The summed E-state index contributed by atoms with van der Waals surface area (Å²) in [4.78, 5) is 9.92. The van der Waals surface area contributed by atoms with Crippen molar-refractivity contribution in [1.29, 1.82) is 0 Å². The predicted molar refractivity (Wildman–Crippen MR) is 73.4 cm³/mol. The molecule has 17 heavy (non-hydrogen) atoms. The lowest BCUT2D eigenvalue weighted by molar-refractivity contribution is 0.679. The van der Waals surface area contributed by atoms with Gasteiger partial charge in [-0.2, -0.15) is 0 Å². The number of rotatable bonds is 6. The zero-order chi connectivity index (χ0) is 12.1. The van der Waals surface area contributed by atoms with Crippen molar-refractivity contribution < 1.29 is 0 Å². The van der Waals surface area contributed by atoms with Gasteiger partial charge in [0.2, 0.25) is 0 Å². The highest BCUT2D eigenvalue weighted by Crippen LogP contribution is 2.13. The SMILES string of the molecule is CCc1cnc(CNCCc2csc(N)n2)s1. The first-order valence-electron chi connectivity index (χ1n) is 5.62. The molecule has 0 radical (unpaired) electrons. The van der Waals surface area contributed by atoms with Crippen molar-refractivity contribution in [1.82, 2.24) is 15.3 Å². The van der Waals surface area contributed by atoms with Gasteiger partial charge >= 0.3 is 0 Å². The summed E-state index contributed by atoms with van der Waals surface area (Å²) in [6, 6.07) is 0. The van der Waals surface area contributed by atoms with E-state index < -0.39 is 0 Å². The lowest BCUT2D eigenvalue weighted by Crippen LogP contribution is -2.16. The topological polar surface area (TPSA) is 63.8 Å². The zero-order valence-electron chi connectivity index (χ0n) is 9.77. The van der Waals surface area contributed by atoms with E-state index >= 15 is 0 Å². The summed E-state index contributed by atoms with van der Waals surface area (Å²) in [7, 11) is 0. The second-order valence-electron chi connectivity index (χ2n) is 3.68. The van der Waals surface area contributed by atoms with Gasteiger partial charge < -0.3 is 11.1 Å². The zero-order valence-corrected chi connectivity index (χ0v) is 11.4. The summed E-state index contributed by atoms with van der Waals surface area (Å²) in [5, 5.41) is 7.18. The van der Waals surface area contributed by atoms with Crippen molar-refractivity contribution in [3.63, 3.8) is 0 Å². The van der Waals surface area contributed by atoms with E-state index in [1.165, 1.54) is 16.2 Å². The molecule has 0 unspecified atom stereocenters. The Hall–Kier alpha value is -0.980. The molecule has 2 aromatic heterocycles. The van der Waals surface area contributed by atoms with Gasteiger partial charge in [0.1, 0.15) is 5.01 Å². The number of nitrogens with one attached hydrogen (secondary N) is 1. The van der Waals surface area contributed by atoms with E-state index in [0.717, 1.165) is 36.6 Å². The normalized spacial score (nSPS) is 10.9. The second-order valence-corrected chi connectivity index (χ2v) is 5.77. The van der Waals surface area contributed by atoms with Gasteiger partial charge in [0.05, 0.1) is 5.69 Å². The van der Waals surface area contributed by atoms with E-state index in [1.807, 2.05) is 11.6 Å². The molecule has 2 heterocycles. The Morgan fingerprint density at radius 3 is 3.00 bits per heavy atom. The molecule has 0 saturated carbocycles. The third-order valence-corrected chi connectivity index (χ3v) is 4.22. The predicted octanol–water partition coefficient (Wildman–Crippen LogP) is 2.08. The Morgan fingerprint density at radius 1 is 1.47 bits per heavy atom. The average Bonchev–Trinajstić information content (AvgIpc) is 2.93. The molecule has 3 N–H and O–H groups in total. The number of anilines is 1. The summed E-state index contributed by atoms with van der Waals surface area (Å²) in [5.41, 5.74) is 6.63. The van der Waals surface area contributed by atoms with Crippen LogP contribution in [-0.2, 0) is 19.4 Å². The lowest BCUT2D eigenvalue weighted by Gasteiger charge is -1.99. The minimum Gasteiger partial charge on any atom is -0.375 e. The van der Waals surface area contributed by atoms with Gasteiger partial charge in [-0.15, -0.1) is 22.7 Å². The number of nitrogen functional groups attached to an aromatic ring is 1. The number of hydrogen-bond donors (Lipinski definition) is 2. The molecule has 0 aliphatic carbocycles. The minimum absolute atomic E-state index is 0.646. The molecule has 6 heteroatoms. The molecule has 0 bridgehead atoms. The largest absolute Gasteiger partial charge is 0.375 e. The van der Waals surface area contributed by atoms with Crippen molar-refractivity contribution in [3.05, 3.63) is 27.2 Å². The Labute approximate surface area is 109 Å². The van der Waals surface area contributed by atoms with E-state index in [-0.39, 0.29) is 0 Å². The van der Waals surface area contributed by atoms with Gasteiger partial charge in [0.25, 0.3) is 0 Å². The van der Waals surface area contributed by atoms with Crippen molar-refractivity contribution >= 4 is 27.8 Å². The summed E-state index contributed by atoms with van der Waals surface area (Å²) >= 11 is 3.27. The molecule has 0 aliphatic rings. The molecule has 0 amide bonds. The second kappa shape index (κ2) is 6.09. The first kappa shape index (κ1) is 12.5. The van der Waals surface area contributed by atoms with E-state index in [9.17, 15) is 0 Å². The Kier molecular flexibility index (Phi) is 4.47. The molecule has 0 atom stereocenters. The fourth-order valence-electron chi connectivity index (χ4n) is 1.44. The summed E-state index contributed by atoms with van der Waals surface area (Å²) < 4.78 is 0. The van der Waals surface area contributed by atoms with Crippen LogP contribution in [0.4, 0.5) is 5.13 Å². The van der Waals surface area contributed by atoms with Gasteiger partial charge in [-0.05, 0) is 6.42 Å². The third-order valence-electron chi connectivity index (χ3n) is 2.35. The first-order valence-corrected chi connectivity index (χ1v) is 7.31. The molecule has 2 rings (SSSR count). The van der Waals surface area contributed by atoms with Crippen molar-refractivity contribution in [2.75, 3.05) is 12.3 Å². The number of thiazole rings is 2. The fourth-order valence-corrected chi connectivity index (χ4v) is 2.87. The van der Waals surface area contributed by atoms with Crippen LogP contribution in [0, 0.1) is 0 Å². The van der Waals surface area contributed by atoms with Crippen LogP contribution in [0.15, 0.2) is 11.6 Å². The third kappa shape index (κ3) is 3.76. The highest BCUT2D eigenvalue weighted by Gasteiger charge is 2.01. The van der Waals surface area contributed by atoms with Crippen LogP contribution in [0.1, 0.15) is 22.5 Å². The van der Waals surface area contributed by atoms with Gasteiger partial charge in [-0.1, -0.05) is 6.92 Å². The molecule has 0 saturated heterocycles. The maximum Gasteiger partial charge on any atom is 0.180 e. The Balaban J connectivity index is 1.69. The maximum absolute atomic E-state index is 5.57. The number of nitrogens with two attached hydrogens (primary N) is 1. The lowest BCUT2D eigenvalue weighted by atomic mass is 10.3. The average molecular weight is 268 g/mol. The van der Waals surface area contributed by atoms with Crippen LogP contribution in [0.2, 0.25) is 0 Å². The maximum atomic E-state index is 5.57. The standard InChI is InChI=1S/C11H16N4S2/c1-2-9-5-14-10(17-9)6-13-4-3-8-7-16-11(12)15-8/h5,7,13H,2-4,6H2,1H3,(H2,12,15). The molecule has 92 valence electrons. The number of nitrogens with zero attached hydrogens (tertiary/aromatic N) is 2. The van der Waals surface area contributed by atoms with Crippen LogP contribution in [0.25, 0.3) is 0 Å². The molecule has 0 aromatic carbocycles. The molecule has 2 aromatic rings. The summed E-state index contributed by atoms with van der Waals surface area (Å²) in [5.74, 6) is 0. The number of hydrogen-bond acceptors (Lipinski definition) is 6. The van der Waals surface area contributed by atoms with Gasteiger partial charge in [0, 0.05) is 36.0 Å². The quantitative estimate of drug-likeness (QED) is 0.787. The van der Waals surface area contributed by atoms with Crippen LogP contribution < -0.4 is 11.1 Å². The van der Waals surface area contributed by atoms with Crippen LogP contribution in [0.5, 0.6) is 0 Å².